The zero-order valence-corrected chi connectivity index (χ0v) is 12.0. The number of carbonyl (C=O) groups excluding carboxylic acids is 1. The van der Waals surface area contributed by atoms with Crippen LogP contribution in [0.25, 0.3) is 0 Å². The zero-order valence-electron chi connectivity index (χ0n) is 10.3. The number of hydrogen-bond acceptors (Lipinski definition) is 5. The highest BCUT2D eigenvalue weighted by atomic mass is 33.1. The van der Waals surface area contributed by atoms with E-state index >= 15 is 0 Å². The quantitative estimate of drug-likeness (QED) is 0.811. The topological polar surface area (TPSA) is 78.2 Å². The lowest BCUT2D eigenvalue weighted by atomic mass is 10.1. The molecule has 0 saturated carbocycles. The van der Waals surface area contributed by atoms with E-state index in [1.165, 1.54) is 0 Å². The van der Waals surface area contributed by atoms with E-state index in [4.69, 9.17) is 10.4 Å². The second-order valence-electron chi connectivity index (χ2n) is 4.06. The summed E-state index contributed by atoms with van der Waals surface area (Å²) in [4.78, 5) is 22.4. The van der Waals surface area contributed by atoms with Crippen molar-refractivity contribution < 1.29 is 14.7 Å². The maximum absolute atomic E-state index is 11.9. The lowest BCUT2D eigenvalue weighted by Crippen LogP contribution is -2.18. The molecular formula is C13H13NO3S2. The van der Waals surface area contributed by atoms with Crippen LogP contribution in [0.1, 0.15) is 30.1 Å². The maximum atomic E-state index is 11.9. The summed E-state index contributed by atoms with van der Waals surface area (Å²) in [6, 6.07) is 10.8. The third kappa shape index (κ3) is 5.37. The Balaban J connectivity index is 2.56. The van der Waals surface area contributed by atoms with Crippen molar-refractivity contribution in [2.45, 2.75) is 24.5 Å². The Kier molecular flexibility index (Phi) is 5.93. The maximum Gasteiger partial charge on any atom is 0.303 e. The zero-order chi connectivity index (χ0) is 14.3. The number of carboxylic acid groups (broad SMARTS) is 1. The molecule has 1 rings (SSSR count). The molecule has 0 bridgehead atoms. The van der Waals surface area contributed by atoms with Crippen LogP contribution in [0.3, 0.4) is 0 Å². The Morgan fingerprint density at radius 2 is 2.00 bits per heavy atom. The van der Waals surface area contributed by atoms with Gasteiger partial charge >= 0.3 is 5.97 Å². The van der Waals surface area contributed by atoms with Gasteiger partial charge in [-0.05, 0) is 24.1 Å². The summed E-state index contributed by atoms with van der Waals surface area (Å²) in [5, 5.41) is 17.6. The van der Waals surface area contributed by atoms with Crippen LogP contribution in [0.5, 0.6) is 0 Å². The van der Waals surface area contributed by atoms with Crippen molar-refractivity contribution in [3.05, 3.63) is 35.9 Å². The van der Waals surface area contributed by atoms with Gasteiger partial charge in [0.1, 0.15) is 4.75 Å². The molecule has 0 fully saturated rings. The van der Waals surface area contributed by atoms with Crippen molar-refractivity contribution in [3.8, 4) is 6.07 Å². The number of carboxylic acids is 1. The molecule has 0 heterocycles. The number of nitrogens with zero attached hydrogens (tertiary/aromatic N) is 1. The average Bonchev–Trinajstić information content (AvgIpc) is 2.43. The first-order valence-corrected chi connectivity index (χ1v) is 7.70. The Labute approximate surface area is 119 Å². The molecular weight excluding hydrogens is 282 g/mol. The molecule has 1 N–H and O–H groups in total. The standard InChI is InChI=1S/C13H13NO3S2/c1-13(9-14,8-7-11(15)16)19-18-12(17)10-5-3-2-4-6-10/h2-6H,7-8H2,1H3,(H,15,16). The van der Waals surface area contributed by atoms with Crippen LogP contribution >= 0.6 is 21.6 Å². The van der Waals surface area contributed by atoms with E-state index in [0.717, 1.165) is 21.6 Å². The van der Waals surface area contributed by atoms with Gasteiger partial charge in [-0.3, -0.25) is 9.59 Å². The number of benzene rings is 1. The number of aliphatic carboxylic acids is 1. The predicted octanol–water partition coefficient (Wildman–Crippen LogP) is 3.36. The minimum atomic E-state index is -0.943. The van der Waals surface area contributed by atoms with Gasteiger partial charge in [0.25, 0.3) is 0 Å². The third-order valence-electron chi connectivity index (χ3n) is 2.36. The SMILES string of the molecule is CC(C#N)(CCC(=O)O)SSC(=O)c1ccccc1. The van der Waals surface area contributed by atoms with Gasteiger partial charge in [-0.25, -0.2) is 0 Å². The van der Waals surface area contributed by atoms with Crippen molar-refractivity contribution in [2.75, 3.05) is 0 Å². The van der Waals surface area contributed by atoms with Gasteiger partial charge in [0.05, 0.1) is 6.07 Å². The summed E-state index contributed by atoms with van der Waals surface area (Å²) in [7, 11) is 2.09. The molecule has 0 aliphatic heterocycles. The summed E-state index contributed by atoms with van der Waals surface area (Å²) >= 11 is 0. The predicted molar refractivity (Wildman–Crippen MR) is 76.8 cm³/mol. The fraction of sp³-hybridized carbons (Fsp3) is 0.308. The minimum absolute atomic E-state index is 0.0862. The van der Waals surface area contributed by atoms with E-state index in [2.05, 4.69) is 6.07 Å². The number of carbonyl (C=O) groups is 2. The molecule has 0 aromatic heterocycles. The number of nitriles is 1. The first-order valence-electron chi connectivity index (χ1n) is 5.55. The monoisotopic (exact) mass is 295 g/mol. The summed E-state index contributed by atoms with van der Waals surface area (Å²) in [5.41, 5.74) is 0.568. The molecule has 6 heteroatoms. The van der Waals surface area contributed by atoms with Crippen LogP contribution < -0.4 is 0 Å². The van der Waals surface area contributed by atoms with Crippen LogP contribution in [0.15, 0.2) is 30.3 Å². The van der Waals surface area contributed by atoms with Crippen molar-refractivity contribution in [3.63, 3.8) is 0 Å². The lowest BCUT2D eigenvalue weighted by Gasteiger charge is -2.18. The summed E-state index contributed by atoms with van der Waals surface area (Å²) in [6.45, 7) is 1.64. The van der Waals surface area contributed by atoms with Gasteiger partial charge in [-0.15, -0.1) is 0 Å². The first-order chi connectivity index (χ1) is 8.97. The fourth-order valence-corrected chi connectivity index (χ4v) is 3.36. The minimum Gasteiger partial charge on any atom is -0.481 e. The fourth-order valence-electron chi connectivity index (χ4n) is 1.21. The molecule has 0 spiro atoms. The summed E-state index contributed by atoms with van der Waals surface area (Å²) in [6.07, 6.45) is 0.121. The van der Waals surface area contributed by atoms with E-state index in [1.807, 2.05) is 6.07 Å². The second kappa shape index (κ2) is 7.22. The Morgan fingerprint density at radius 3 is 2.53 bits per heavy atom. The normalized spacial score (nSPS) is 13.3. The van der Waals surface area contributed by atoms with Gasteiger partial charge in [0, 0.05) is 12.0 Å². The molecule has 1 unspecified atom stereocenters. The van der Waals surface area contributed by atoms with Crippen molar-refractivity contribution >= 4 is 32.7 Å². The van der Waals surface area contributed by atoms with E-state index in [0.29, 0.717) is 5.56 Å². The van der Waals surface area contributed by atoms with Gasteiger partial charge in [0.15, 0.2) is 0 Å². The van der Waals surface area contributed by atoms with Crippen molar-refractivity contribution in [1.29, 1.82) is 5.26 Å². The van der Waals surface area contributed by atoms with Crippen LogP contribution in [-0.4, -0.2) is 20.9 Å². The molecule has 0 saturated heterocycles. The molecule has 0 radical (unpaired) electrons. The van der Waals surface area contributed by atoms with Gasteiger partial charge in [-0.1, -0.05) is 41.1 Å². The highest BCUT2D eigenvalue weighted by Crippen LogP contribution is 2.40. The van der Waals surface area contributed by atoms with Gasteiger partial charge < -0.3 is 5.11 Å². The molecule has 1 aromatic carbocycles. The average molecular weight is 295 g/mol. The van der Waals surface area contributed by atoms with Crippen LogP contribution in [0.2, 0.25) is 0 Å². The third-order valence-corrected chi connectivity index (χ3v) is 5.30. The Bertz CT molecular complexity index is 498. The smallest absolute Gasteiger partial charge is 0.303 e. The molecule has 1 atom stereocenters. The highest BCUT2D eigenvalue weighted by molar-refractivity contribution is 8.82. The Hall–Kier alpha value is -1.45. The lowest BCUT2D eigenvalue weighted by molar-refractivity contribution is -0.137. The van der Waals surface area contributed by atoms with E-state index in [-0.39, 0.29) is 18.0 Å². The molecule has 19 heavy (non-hydrogen) atoms. The number of rotatable bonds is 6. The molecule has 100 valence electrons. The molecule has 0 amide bonds. The van der Waals surface area contributed by atoms with E-state index in [1.54, 1.807) is 31.2 Å². The summed E-state index contributed by atoms with van der Waals surface area (Å²) < 4.78 is -0.881. The van der Waals surface area contributed by atoms with Crippen LogP contribution in [0.4, 0.5) is 0 Å². The van der Waals surface area contributed by atoms with Gasteiger partial charge in [0.2, 0.25) is 5.12 Å². The Morgan fingerprint density at radius 1 is 1.37 bits per heavy atom. The largest absolute Gasteiger partial charge is 0.481 e. The second-order valence-corrected chi connectivity index (χ2v) is 6.66. The highest BCUT2D eigenvalue weighted by Gasteiger charge is 2.27. The first kappa shape index (κ1) is 15.6. The van der Waals surface area contributed by atoms with Crippen LogP contribution in [0, 0.1) is 11.3 Å². The molecule has 0 aliphatic rings. The van der Waals surface area contributed by atoms with E-state index in [9.17, 15) is 9.59 Å². The molecule has 1 aromatic rings. The summed E-state index contributed by atoms with van der Waals surface area (Å²) in [5.74, 6) is -0.943. The van der Waals surface area contributed by atoms with Crippen molar-refractivity contribution in [2.24, 2.45) is 0 Å². The molecule has 0 aliphatic carbocycles. The number of hydrogen-bond donors (Lipinski definition) is 1. The molecule has 4 nitrogen and oxygen atoms in total. The van der Waals surface area contributed by atoms with Crippen LogP contribution in [-0.2, 0) is 4.79 Å². The van der Waals surface area contributed by atoms with Gasteiger partial charge in [-0.2, -0.15) is 5.26 Å². The van der Waals surface area contributed by atoms with E-state index < -0.39 is 10.7 Å². The van der Waals surface area contributed by atoms with Crippen molar-refractivity contribution in [1.82, 2.24) is 0 Å².